The molecule has 0 saturated heterocycles. The highest BCUT2D eigenvalue weighted by Crippen LogP contribution is 1.93. The number of carbonyl (C=O) groups excluding carboxylic acids is 1. The summed E-state index contributed by atoms with van der Waals surface area (Å²) >= 11 is 3.29. The molecule has 28 heavy (non-hydrogen) atoms. The summed E-state index contributed by atoms with van der Waals surface area (Å²) in [6.45, 7) is 8.86. The summed E-state index contributed by atoms with van der Waals surface area (Å²) in [6.07, 6.45) is 2.20. The number of hydrogen-bond acceptors (Lipinski definition) is 8. The van der Waals surface area contributed by atoms with E-state index in [-0.39, 0.29) is 12.4 Å². The SMILES string of the molecule is CCCCOC(=O)CCOCCOCCOCCOCCOCCOCCBr. The Balaban J connectivity index is 3.06. The van der Waals surface area contributed by atoms with E-state index < -0.39 is 0 Å². The minimum Gasteiger partial charge on any atom is -0.466 e. The van der Waals surface area contributed by atoms with Gasteiger partial charge in [-0.05, 0) is 6.42 Å². The molecular weight excluding hydrogens is 436 g/mol. The summed E-state index contributed by atoms with van der Waals surface area (Å²) in [6, 6.07) is 0. The van der Waals surface area contributed by atoms with Crippen LogP contribution in [0.4, 0.5) is 0 Å². The Hall–Kier alpha value is -0.290. The fraction of sp³-hybridized carbons (Fsp3) is 0.947. The first-order chi connectivity index (χ1) is 13.8. The van der Waals surface area contributed by atoms with Crippen molar-refractivity contribution in [1.82, 2.24) is 0 Å². The zero-order valence-corrected chi connectivity index (χ0v) is 18.8. The van der Waals surface area contributed by atoms with Crippen molar-refractivity contribution in [1.29, 1.82) is 0 Å². The number of unbranched alkanes of at least 4 members (excludes halogenated alkanes) is 1. The molecule has 0 aromatic carbocycles. The smallest absolute Gasteiger partial charge is 0.308 e. The lowest BCUT2D eigenvalue weighted by Gasteiger charge is -2.08. The molecule has 168 valence electrons. The van der Waals surface area contributed by atoms with Crippen molar-refractivity contribution < 1.29 is 38.0 Å². The van der Waals surface area contributed by atoms with Gasteiger partial charge in [-0.3, -0.25) is 4.79 Å². The molecule has 0 rings (SSSR count). The Labute approximate surface area is 177 Å². The molecule has 0 bridgehead atoms. The van der Waals surface area contributed by atoms with Gasteiger partial charge in [0.1, 0.15) is 0 Å². The minimum absolute atomic E-state index is 0.212. The Morgan fingerprint density at radius 3 is 1.39 bits per heavy atom. The molecule has 0 heterocycles. The van der Waals surface area contributed by atoms with E-state index in [9.17, 15) is 4.79 Å². The first kappa shape index (κ1) is 27.7. The van der Waals surface area contributed by atoms with Crippen LogP contribution in [0.15, 0.2) is 0 Å². The second-order valence-corrected chi connectivity index (χ2v) is 6.48. The Bertz CT molecular complexity index is 320. The van der Waals surface area contributed by atoms with Crippen LogP contribution in [-0.4, -0.2) is 97.2 Å². The number of esters is 1. The first-order valence-electron chi connectivity index (χ1n) is 9.99. The number of alkyl halides is 1. The third kappa shape index (κ3) is 23.7. The highest BCUT2D eigenvalue weighted by atomic mass is 79.9. The van der Waals surface area contributed by atoms with Gasteiger partial charge in [0.05, 0.1) is 92.3 Å². The van der Waals surface area contributed by atoms with Gasteiger partial charge < -0.3 is 33.2 Å². The Morgan fingerprint density at radius 1 is 0.607 bits per heavy atom. The molecule has 0 amide bonds. The van der Waals surface area contributed by atoms with Crippen molar-refractivity contribution in [2.45, 2.75) is 26.2 Å². The normalized spacial score (nSPS) is 11.1. The molecule has 9 heteroatoms. The van der Waals surface area contributed by atoms with Gasteiger partial charge in [0.2, 0.25) is 0 Å². The van der Waals surface area contributed by atoms with Gasteiger partial charge in [-0.1, -0.05) is 29.3 Å². The van der Waals surface area contributed by atoms with Crippen molar-refractivity contribution in [2.24, 2.45) is 0 Å². The van der Waals surface area contributed by atoms with E-state index in [1.807, 2.05) is 0 Å². The topological polar surface area (TPSA) is 81.7 Å². The number of halogens is 1. The summed E-state index contributed by atoms with van der Waals surface area (Å²) in [5.41, 5.74) is 0. The van der Waals surface area contributed by atoms with Gasteiger partial charge in [0, 0.05) is 5.33 Å². The second-order valence-electron chi connectivity index (χ2n) is 5.69. The molecule has 0 radical (unpaired) electrons. The van der Waals surface area contributed by atoms with E-state index in [1.165, 1.54) is 0 Å². The van der Waals surface area contributed by atoms with Crippen molar-refractivity contribution in [3.63, 3.8) is 0 Å². The van der Waals surface area contributed by atoms with E-state index in [0.717, 1.165) is 18.2 Å². The van der Waals surface area contributed by atoms with Gasteiger partial charge in [-0.2, -0.15) is 0 Å². The molecule has 0 aliphatic heterocycles. The lowest BCUT2D eigenvalue weighted by Crippen LogP contribution is -2.14. The van der Waals surface area contributed by atoms with Crippen molar-refractivity contribution in [3.8, 4) is 0 Å². The molecule has 0 aromatic rings. The number of ether oxygens (including phenoxy) is 7. The van der Waals surface area contributed by atoms with Crippen LogP contribution in [0.2, 0.25) is 0 Å². The van der Waals surface area contributed by atoms with Crippen LogP contribution in [0.3, 0.4) is 0 Å². The zero-order chi connectivity index (χ0) is 20.5. The Morgan fingerprint density at radius 2 is 1.00 bits per heavy atom. The van der Waals surface area contributed by atoms with E-state index in [0.29, 0.717) is 85.9 Å². The van der Waals surface area contributed by atoms with E-state index >= 15 is 0 Å². The van der Waals surface area contributed by atoms with Crippen molar-refractivity contribution in [3.05, 3.63) is 0 Å². The molecule has 0 saturated carbocycles. The van der Waals surface area contributed by atoms with Crippen LogP contribution in [0.25, 0.3) is 0 Å². The second kappa shape index (κ2) is 24.7. The number of hydrogen-bond donors (Lipinski definition) is 0. The van der Waals surface area contributed by atoms with E-state index in [2.05, 4.69) is 22.9 Å². The predicted octanol–water partition coefficient (Wildman–Crippen LogP) is 2.21. The monoisotopic (exact) mass is 472 g/mol. The van der Waals surface area contributed by atoms with Crippen LogP contribution < -0.4 is 0 Å². The molecule has 0 N–H and O–H groups in total. The predicted molar refractivity (Wildman–Crippen MR) is 109 cm³/mol. The third-order valence-electron chi connectivity index (χ3n) is 3.29. The van der Waals surface area contributed by atoms with Gasteiger partial charge in [0.25, 0.3) is 0 Å². The largest absolute Gasteiger partial charge is 0.466 e. The molecule has 0 fully saturated rings. The van der Waals surface area contributed by atoms with Crippen molar-refractivity contribution in [2.75, 3.05) is 91.2 Å². The Kier molecular flexibility index (Phi) is 24.5. The maximum Gasteiger partial charge on any atom is 0.308 e. The number of rotatable bonds is 23. The summed E-state index contributed by atoms with van der Waals surface area (Å²) < 4.78 is 37.1. The highest BCUT2D eigenvalue weighted by molar-refractivity contribution is 9.09. The van der Waals surface area contributed by atoms with E-state index in [4.69, 9.17) is 33.2 Å². The third-order valence-corrected chi connectivity index (χ3v) is 3.62. The maximum atomic E-state index is 11.3. The molecule has 0 aliphatic rings. The fourth-order valence-electron chi connectivity index (χ4n) is 1.81. The minimum atomic E-state index is -0.212. The molecule has 0 aromatic heterocycles. The standard InChI is InChI=1S/C19H37BrO8/c1-2-3-6-28-19(21)4-7-22-9-11-24-13-15-26-17-18-27-16-14-25-12-10-23-8-5-20/h2-18H2,1H3. The fourth-order valence-corrected chi connectivity index (χ4v) is 2.04. The summed E-state index contributed by atoms with van der Waals surface area (Å²) in [4.78, 5) is 11.3. The lowest BCUT2D eigenvalue weighted by atomic mass is 10.4. The van der Waals surface area contributed by atoms with Crippen LogP contribution in [-0.2, 0) is 38.0 Å². The molecular formula is C19H37BrO8. The maximum absolute atomic E-state index is 11.3. The summed E-state index contributed by atoms with van der Waals surface area (Å²) in [7, 11) is 0. The lowest BCUT2D eigenvalue weighted by molar-refractivity contribution is -0.145. The van der Waals surface area contributed by atoms with Crippen molar-refractivity contribution >= 4 is 21.9 Å². The molecule has 0 atom stereocenters. The summed E-state index contributed by atoms with van der Waals surface area (Å²) in [5, 5.41) is 0.839. The highest BCUT2D eigenvalue weighted by Gasteiger charge is 2.02. The van der Waals surface area contributed by atoms with Crippen LogP contribution in [0.1, 0.15) is 26.2 Å². The average Bonchev–Trinajstić information content (AvgIpc) is 2.70. The summed E-state index contributed by atoms with van der Waals surface area (Å²) in [5.74, 6) is -0.212. The van der Waals surface area contributed by atoms with Crippen LogP contribution in [0.5, 0.6) is 0 Å². The quantitative estimate of drug-likeness (QED) is 0.127. The molecule has 0 aliphatic carbocycles. The van der Waals surface area contributed by atoms with Gasteiger partial charge >= 0.3 is 5.97 Å². The average molecular weight is 473 g/mol. The molecule has 0 spiro atoms. The van der Waals surface area contributed by atoms with Gasteiger partial charge in [-0.25, -0.2) is 0 Å². The molecule has 0 unspecified atom stereocenters. The van der Waals surface area contributed by atoms with Crippen LogP contribution in [0, 0.1) is 0 Å². The van der Waals surface area contributed by atoms with E-state index in [1.54, 1.807) is 0 Å². The number of carbonyl (C=O) groups is 1. The van der Waals surface area contributed by atoms with Gasteiger partial charge in [-0.15, -0.1) is 0 Å². The van der Waals surface area contributed by atoms with Gasteiger partial charge in [0.15, 0.2) is 0 Å². The molecule has 8 nitrogen and oxygen atoms in total. The zero-order valence-electron chi connectivity index (χ0n) is 17.2. The first-order valence-corrected chi connectivity index (χ1v) is 11.1. The van der Waals surface area contributed by atoms with Crippen LogP contribution >= 0.6 is 15.9 Å².